The number of rotatable bonds is 4. The van der Waals surface area contributed by atoms with E-state index in [0.29, 0.717) is 0 Å². The van der Waals surface area contributed by atoms with Crippen molar-refractivity contribution in [3.05, 3.63) is 152 Å². The van der Waals surface area contributed by atoms with Gasteiger partial charge in [0.2, 0.25) is 0 Å². The summed E-state index contributed by atoms with van der Waals surface area (Å²) < 4.78 is 4.40. The highest BCUT2D eigenvalue weighted by Crippen LogP contribution is 2.36. The van der Waals surface area contributed by atoms with Crippen molar-refractivity contribution in [2.45, 2.75) is 0 Å². The third-order valence-electron chi connectivity index (χ3n) is 8.31. The molecule has 5 aromatic carbocycles. The van der Waals surface area contributed by atoms with Crippen molar-refractivity contribution < 1.29 is 0 Å². The Balaban J connectivity index is 1.23. The van der Waals surface area contributed by atoms with E-state index in [2.05, 4.69) is 118 Å². The monoisotopic (exact) mass is 563 g/mol. The van der Waals surface area contributed by atoms with Crippen LogP contribution in [0.15, 0.2) is 152 Å². The highest BCUT2D eigenvalue weighted by molar-refractivity contribution is 6.09. The Labute approximate surface area is 253 Å². The topological polar surface area (TPSA) is 48.0 Å². The highest BCUT2D eigenvalue weighted by atomic mass is 15.1. The number of imidazole rings is 2. The van der Waals surface area contributed by atoms with E-state index in [4.69, 9.17) is 15.0 Å². The second-order valence-electron chi connectivity index (χ2n) is 11.0. The normalized spacial score (nSPS) is 11.6. The van der Waals surface area contributed by atoms with Crippen LogP contribution >= 0.6 is 0 Å². The van der Waals surface area contributed by atoms with Crippen molar-refractivity contribution in [1.29, 1.82) is 0 Å². The Hall–Kier alpha value is -6.07. The number of hydrogen-bond acceptors (Lipinski definition) is 3. The minimum Gasteiger partial charge on any atom is -0.298 e. The summed E-state index contributed by atoms with van der Waals surface area (Å²) in [6.45, 7) is 0. The molecule has 0 atom stereocenters. The van der Waals surface area contributed by atoms with Gasteiger partial charge in [0.1, 0.15) is 17.0 Å². The molecule has 44 heavy (non-hydrogen) atoms. The van der Waals surface area contributed by atoms with E-state index in [9.17, 15) is 0 Å². The lowest BCUT2D eigenvalue weighted by molar-refractivity contribution is 1.10. The first kappa shape index (κ1) is 24.5. The molecule has 0 aliphatic heterocycles. The standard InChI is InChI=1S/C39H25N5/c1-2-12-26(13-3-1)39-41-33-20-6-7-21-34(33)44(39)30-17-11-15-28(25-30)27-14-10-16-29(24-27)36-38-37(31-18-4-5-19-32(31)40-36)42-35-22-8-9-23-43(35)38/h1-25H. The molecule has 206 valence electrons. The molecule has 0 saturated carbocycles. The second-order valence-corrected chi connectivity index (χ2v) is 11.0. The fourth-order valence-corrected chi connectivity index (χ4v) is 6.29. The molecule has 0 saturated heterocycles. The fourth-order valence-electron chi connectivity index (χ4n) is 6.29. The summed E-state index contributed by atoms with van der Waals surface area (Å²) in [5, 5.41) is 1.06. The summed E-state index contributed by atoms with van der Waals surface area (Å²) in [6.07, 6.45) is 2.07. The lowest BCUT2D eigenvalue weighted by Gasteiger charge is -2.13. The van der Waals surface area contributed by atoms with Gasteiger partial charge in [0.25, 0.3) is 0 Å². The molecule has 0 bridgehead atoms. The van der Waals surface area contributed by atoms with Crippen LogP contribution in [0.25, 0.3) is 78.1 Å². The van der Waals surface area contributed by atoms with E-state index in [0.717, 1.165) is 78.1 Å². The molecule has 0 amide bonds. The maximum atomic E-state index is 5.20. The Morgan fingerprint density at radius 3 is 2.09 bits per heavy atom. The molecule has 5 heteroatoms. The van der Waals surface area contributed by atoms with Crippen molar-refractivity contribution in [2.24, 2.45) is 0 Å². The summed E-state index contributed by atoms with van der Waals surface area (Å²) in [5.41, 5.74) is 12.2. The number of aromatic nitrogens is 5. The number of benzene rings is 5. The second kappa shape index (κ2) is 9.75. The van der Waals surface area contributed by atoms with E-state index >= 15 is 0 Å². The smallest absolute Gasteiger partial charge is 0.145 e. The molecule has 5 nitrogen and oxygen atoms in total. The first-order chi connectivity index (χ1) is 21.8. The van der Waals surface area contributed by atoms with Crippen LogP contribution in [0.4, 0.5) is 0 Å². The van der Waals surface area contributed by atoms with Gasteiger partial charge in [-0.1, -0.05) is 97.1 Å². The largest absolute Gasteiger partial charge is 0.298 e. The maximum absolute atomic E-state index is 5.20. The molecule has 9 aromatic rings. The summed E-state index contributed by atoms with van der Waals surface area (Å²) >= 11 is 0. The fraction of sp³-hybridized carbons (Fsp3) is 0. The van der Waals surface area contributed by atoms with E-state index in [1.807, 2.05) is 42.5 Å². The Morgan fingerprint density at radius 1 is 0.477 bits per heavy atom. The third-order valence-corrected chi connectivity index (χ3v) is 8.31. The number of fused-ring (bicyclic) bond motifs is 6. The van der Waals surface area contributed by atoms with Crippen LogP contribution in [0.3, 0.4) is 0 Å². The molecular weight excluding hydrogens is 538 g/mol. The van der Waals surface area contributed by atoms with Gasteiger partial charge in [-0.3, -0.25) is 8.97 Å². The Bertz CT molecular complexity index is 2510. The van der Waals surface area contributed by atoms with Gasteiger partial charge in [0, 0.05) is 28.4 Å². The number of pyridine rings is 2. The van der Waals surface area contributed by atoms with E-state index in [-0.39, 0.29) is 0 Å². The third kappa shape index (κ3) is 3.83. The predicted octanol–water partition coefficient (Wildman–Crippen LogP) is 9.38. The average molecular weight is 564 g/mol. The van der Waals surface area contributed by atoms with E-state index in [1.54, 1.807) is 0 Å². The molecule has 9 rings (SSSR count). The van der Waals surface area contributed by atoms with Crippen LogP contribution in [0, 0.1) is 0 Å². The molecular formula is C39H25N5. The van der Waals surface area contributed by atoms with Crippen molar-refractivity contribution in [3.8, 4) is 39.5 Å². The van der Waals surface area contributed by atoms with Crippen LogP contribution in [0.2, 0.25) is 0 Å². The lowest BCUT2D eigenvalue weighted by atomic mass is 10.00. The number of hydrogen-bond donors (Lipinski definition) is 0. The minimum absolute atomic E-state index is 0.910. The van der Waals surface area contributed by atoms with Gasteiger partial charge in [-0.15, -0.1) is 0 Å². The highest BCUT2D eigenvalue weighted by Gasteiger charge is 2.18. The maximum Gasteiger partial charge on any atom is 0.145 e. The van der Waals surface area contributed by atoms with Crippen LogP contribution in [-0.2, 0) is 0 Å². The van der Waals surface area contributed by atoms with Gasteiger partial charge in [0.15, 0.2) is 0 Å². The van der Waals surface area contributed by atoms with Gasteiger partial charge in [-0.05, 0) is 59.7 Å². The predicted molar refractivity (Wildman–Crippen MR) is 179 cm³/mol. The summed E-state index contributed by atoms with van der Waals surface area (Å²) in [4.78, 5) is 15.3. The quantitative estimate of drug-likeness (QED) is 0.214. The molecule has 4 aromatic heterocycles. The van der Waals surface area contributed by atoms with Crippen LogP contribution in [-0.4, -0.2) is 23.9 Å². The lowest BCUT2D eigenvalue weighted by Crippen LogP contribution is -1.98. The summed E-state index contributed by atoms with van der Waals surface area (Å²) in [7, 11) is 0. The molecule has 0 aliphatic rings. The molecule has 0 spiro atoms. The van der Waals surface area contributed by atoms with Crippen LogP contribution < -0.4 is 0 Å². The molecule has 0 unspecified atom stereocenters. The summed E-state index contributed by atoms with van der Waals surface area (Å²) in [6, 6.07) is 50.4. The van der Waals surface area contributed by atoms with Crippen molar-refractivity contribution in [2.75, 3.05) is 0 Å². The molecule has 0 N–H and O–H groups in total. The van der Waals surface area contributed by atoms with Gasteiger partial charge < -0.3 is 0 Å². The molecule has 0 aliphatic carbocycles. The van der Waals surface area contributed by atoms with Crippen molar-refractivity contribution in [3.63, 3.8) is 0 Å². The zero-order valence-electron chi connectivity index (χ0n) is 23.7. The average Bonchev–Trinajstić information content (AvgIpc) is 3.68. The Kier molecular flexibility index (Phi) is 5.43. The van der Waals surface area contributed by atoms with Gasteiger partial charge in [-0.25, -0.2) is 15.0 Å². The van der Waals surface area contributed by atoms with Gasteiger partial charge >= 0.3 is 0 Å². The van der Waals surface area contributed by atoms with Gasteiger partial charge in [-0.2, -0.15) is 0 Å². The number of nitrogens with zero attached hydrogens (tertiary/aromatic N) is 5. The zero-order chi connectivity index (χ0) is 29.0. The first-order valence-corrected chi connectivity index (χ1v) is 14.7. The molecule has 4 heterocycles. The van der Waals surface area contributed by atoms with Crippen LogP contribution in [0.1, 0.15) is 0 Å². The van der Waals surface area contributed by atoms with E-state index < -0.39 is 0 Å². The minimum atomic E-state index is 0.910. The molecule has 0 radical (unpaired) electrons. The first-order valence-electron chi connectivity index (χ1n) is 14.7. The van der Waals surface area contributed by atoms with Crippen molar-refractivity contribution >= 4 is 38.6 Å². The van der Waals surface area contributed by atoms with Crippen LogP contribution in [0.5, 0.6) is 0 Å². The van der Waals surface area contributed by atoms with E-state index in [1.165, 1.54) is 0 Å². The SMILES string of the molecule is c1ccc(-c2nc3ccccc3n2-c2cccc(-c3cccc(-c4nc5ccccc5c5nc6ccccn6c45)c3)c2)cc1. The van der Waals surface area contributed by atoms with Crippen molar-refractivity contribution in [1.82, 2.24) is 23.9 Å². The summed E-state index contributed by atoms with van der Waals surface area (Å²) in [5.74, 6) is 0.924. The van der Waals surface area contributed by atoms with Gasteiger partial charge in [0.05, 0.1) is 27.8 Å². The zero-order valence-corrected chi connectivity index (χ0v) is 23.7. The molecule has 0 fully saturated rings. The Morgan fingerprint density at radius 2 is 1.18 bits per heavy atom. The number of para-hydroxylation sites is 3.